The van der Waals surface area contributed by atoms with E-state index in [4.69, 9.17) is 10.8 Å². The number of rotatable bonds is 11. The molecule has 1 rings (SSSR count). The van der Waals surface area contributed by atoms with Crippen molar-refractivity contribution in [3.63, 3.8) is 0 Å². The molecule has 1 aromatic carbocycles. The normalized spacial score (nSPS) is 11.7. The van der Waals surface area contributed by atoms with Crippen molar-refractivity contribution in [1.82, 2.24) is 16.0 Å². The first kappa shape index (κ1) is 22.3. The predicted octanol–water partition coefficient (Wildman–Crippen LogP) is 1.98. The molecule has 1 aromatic rings. The highest BCUT2D eigenvalue weighted by Gasteiger charge is 2.17. The summed E-state index contributed by atoms with van der Waals surface area (Å²) in [5, 5.41) is 16.6. The van der Waals surface area contributed by atoms with Gasteiger partial charge >= 0.3 is 18.0 Å². The number of aliphatic carboxylic acids is 1. The van der Waals surface area contributed by atoms with Gasteiger partial charge in [0.25, 0.3) is 0 Å². The molecule has 0 aliphatic carbocycles. The zero-order chi connectivity index (χ0) is 20.2. The van der Waals surface area contributed by atoms with Crippen LogP contribution in [0.4, 0.5) is 9.59 Å². The summed E-state index contributed by atoms with van der Waals surface area (Å²) in [6, 6.07) is 6.03. The SMILES string of the molecule is CC(C)Cc1ccc(CNC(=O)NCCCC[C@H](NC(N)=O)C(=O)O)cc1. The predicted molar refractivity (Wildman–Crippen MR) is 103 cm³/mol. The Morgan fingerprint density at radius 2 is 1.67 bits per heavy atom. The average Bonchev–Trinajstić information content (AvgIpc) is 2.59. The number of urea groups is 2. The number of carboxylic acids is 1. The Bertz CT molecular complexity index is 617. The van der Waals surface area contributed by atoms with Crippen LogP contribution in [0.15, 0.2) is 24.3 Å². The molecular weight excluding hydrogens is 348 g/mol. The van der Waals surface area contributed by atoms with Crippen LogP contribution in [-0.2, 0) is 17.8 Å². The molecule has 0 heterocycles. The number of unbranched alkanes of at least 4 members (excludes halogenated alkanes) is 1. The minimum absolute atomic E-state index is 0.254. The molecule has 8 heteroatoms. The molecule has 0 aliphatic heterocycles. The van der Waals surface area contributed by atoms with Gasteiger partial charge in [-0.2, -0.15) is 0 Å². The Morgan fingerprint density at radius 1 is 1.04 bits per heavy atom. The number of primary amides is 1. The molecule has 0 fully saturated rings. The number of nitrogens with one attached hydrogen (secondary N) is 3. The summed E-state index contributed by atoms with van der Waals surface area (Å²) in [4.78, 5) is 33.5. The molecule has 1 atom stereocenters. The Hall–Kier alpha value is -2.77. The number of hydrogen-bond acceptors (Lipinski definition) is 3. The van der Waals surface area contributed by atoms with Crippen LogP contribution in [0.1, 0.15) is 44.2 Å². The maximum atomic E-state index is 11.8. The Morgan fingerprint density at radius 3 is 2.22 bits per heavy atom. The lowest BCUT2D eigenvalue weighted by Crippen LogP contribution is -2.43. The second kappa shape index (κ2) is 11.8. The highest BCUT2D eigenvalue weighted by Crippen LogP contribution is 2.09. The fourth-order valence-corrected chi connectivity index (χ4v) is 2.61. The van der Waals surface area contributed by atoms with Crippen molar-refractivity contribution in [3.8, 4) is 0 Å². The van der Waals surface area contributed by atoms with E-state index in [2.05, 4.69) is 41.9 Å². The smallest absolute Gasteiger partial charge is 0.326 e. The second-order valence-corrected chi connectivity index (χ2v) is 6.92. The van der Waals surface area contributed by atoms with Crippen LogP contribution in [0.25, 0.3) is 0 Å². The van der Waals surface area contributed by atoms with Gasteiger partial charge in [-0.15, -0.1) is 0 Å². The van der Waals surface area contributed by atoms with Crippen molar-refractivity contribution in [3.05, 3.63) is 35.4 Å². The van der Waals surface area contributed by atoms with Gasteiger partial charge in [0, 0.05) is 13.1 Å². The van der Waals surface area contributed by atoms with Crippen molar-refractivity contribution in [2.75, 3.05) is 6.54 Å². The summed E-state index contributed by atoms with van der Waals surface area (Å²) in [7, 11) is 0. The van der Waals surface area contributed by atoms with Gasteiger partial charge in [-0.25, -0.2) is 14.4 Å². The number of nitrogens with two attached hydrogens (primary N) is 1. The summed E-state index contributed by atoms with van der Waals surface area (Å²) in [6.45, 7) is 5.21. The van der Waals surface area contributed by atoms with Crippen molar-refractivity contribution in [2.45, 2.75) is 52.1 Å². The molecule has 0 saturated carbocycles. The molecule has 0 aromatic heterocycles. The number of amides is 4. The van der Waals surface area contributed by atoms with Gasteiger partial charge in [0.05, 0.1) is 0 Å². The first-order valence-corrected chi connectivity index (χ1v) is 9.16. The Labute approximate surface area is 159 Å². The van der Waals surface area contributed by atoms with Gasteiger partial charge < -0.3 is 26.8 Å². The monoisotopic (exact) mass is 378 g/mol. The standard InChI is InChI=1S/C19H30N4O4/c1-13(2)11-14-6-8-15(9-7-14)12-22-19(27)21-10-4-3-5-16(17(24)25)23-18(20)26/h6-9,13,16H,3-5,10-12H2,1-2H3,(H,24,25)(H3,20,23,26)(H2,21,22,27)/t16-/m0/s1. The van der Waals surface area contributed by atoms with Crippen LogP contribution in [0.5, 0.6) is 0 Å². The number of carbonyl (C=O) groups is 3. The molecule has 4 amide bonds. The maximum absolute atomic E-state index is 11.8. The largest absolute Gasteiger partial charge is 0.480 e. The van der Waals surface area contributed by atoms with Crippen molar-refractivity contribution in [2.24, 2.45) is 11.7 Å². The third-order valence-corrected chi connectivity index (χ3v) is 3.94. The fraction of sp³-hybridized carbons (Fsp3) is 0.526. The minimum atomic E-state index is -1.13. The quantitative estimate of drug-likeness (QED) is 0.376. The second-order valence-electron chi connectivity index (χ2n) is 6.92. The summed E-state index contributed by atoms with van der Waals surface area (Å²) >= 11 is 0. The van der Waals surface area contributed by atoms with E-state index in [0.717, 1.165) is 12.0 Å². The molecule has 0 radical (unpaired) electrons. The maximum Gasteiger partial charge on any atom is 0.326 e. The summed E-state index contributed by atoms with van der Waals surface area (Å²) < 4.78 is 0. The molecule has 27 heavy (non-hydrogen) atoms. The highest BCUT2D eigenvalue weighted by atomic mass is 16.4. The third kappa shape index (κ3) is 10.1. The van der Waals surface area contributed by atoms with Gasteiger partial charge in [-0.05, 0) is 42.7 Å². The summed E-state index contributed by atoms with van der Waals surface area (Å²) in [5.41, 5.74) is 7.24. The van der Waals surface area contributed by atoms with Crippen LogP contribution >= 0.6 is 0 Å². The summed E-state index contributed by atoms with van der Waals surface area (Å²) in [5.74, 6) is -0.518. The van der Waals surface area contributed by atoms with Crippen LogP contribution < -0.4 is 21.7 Å². The van der Waals surface area contributed by atoms with Crippen LogP contribution in [0.3, 0.4) is 0 Å². The minimum Gasteiger partial charge on any atom is -0.480 e. The number of carboxylic acid groups (broad SMARTS) is 1. The van der Waals surface area contributed by atoms with Gasteiger partial charge in [0.15, 0.2) is 0 Å². The lowest BCUT2D eigenvalue weighted by atomic mass is 10.0. The fourth-order valence-electron chi connectivity index (χ4n) is 2.61. The summed E-state index contributed by atoms with van der Waals surface area (Å²) in [6.07, 6.45) is 2.42. The van der Waals surface area contributed by atoms with Crippen LogP contribution in [0, 0.1) is 5.92 Å². The Balaban J connectivity index is 2.20. The van der Waals surface area contributed by atoms with E-state index in [1.165, 1.54) is 5.56 Å². The molecule has 0 aliphatic rings. The lowest BCUT2D eigenvalue weighted by molar-refractivity contribution is -0.139. The van der Waals surface area contributed by atoms with E-state index in [-0.39, 0.29) is 12.5 Å². The van der Waals surface area contributed by atoms with Gasteiger partial charge in [0.1, 0.15) is 6.04 Å². The number of hydrogen-bond donors (Lipinski definition) is 5. The molecule has 150 valence electrons. The van der Waals surface area contributed by atoms with Crippen LogP contribution in [0.2, 0.25) is 0 Å². The van der Waals surface area contributed by atoms with E-state index in [1.807, 2.05) is 12.1 Å². The first-order valence-electron chi connectivity index (χ1n) is 9.16. The highest BCUT2D eigenvalue weighted by molar-refractivity contribution is 5.81. The molecule has 0 spiro atoms. The van der Waals surface area contributed by atoms with Crippen molar-refractivity contribution >= 4 is 18.0 Å². The van der Waals surface area contributed by atoms with E-state index >= 15 is 0 Å². The van der Waals surface area contributed by atoms with Gasteiger partial charge in [0.2, 0.25) is 0 Å². The molecular formula is C19H30N4O4. The molecule has 0 unspecified atom stereocenters. The molecule has 0 bridgehead atoms. The van der Waals surface area contributed by atoms with Crippen molar-refractivity contribution in [1.29, 1.82) is 0 Å². The molecule has 0 saturated heterocycles. The van der Waals surface area contributed by atoms with E-state index in [1.54, 1.807) is 0 Å². The molecule has 6 N–H and O–H groups in total. The molecule has 8 nitrogen and oxygen atoms in total. The van der Waals surface area contributed by atoms with Crippen LogP contribution in [-0.4, -0.2) is 35.7 Å². The van der Waals surface area contributed by atoms with Crippen molar-refractivity contribution < 1.29 is 19.5 Å². The van der Waals surface area contributed by atoms with Gasteiger partial charge in [-0.3, -0.25) is 0 Å². The van der Waals surface area contributed by atoms with E-state index < -0.39 is 18.0 Å². The number of benzene rings is 1. The first-order chi connectivity index (χ1) is 12.8. The number of carbonyl (C=O) groups excluding carboxylic acids is 2. The lowest BCUT2D eigenvalue weighted by Gasteiger charge is -2.13. The topological polar surface area (TPSA) is 134 Å². The zero-order valence-electron chi connectivity index (χ0n) is 16.0. The average molecular weight is 378 g/mol. The third-order valence-electron chi connectivity index (χ3n) is 3.94. The van der Waals surface area contributed by atoms with E-state index in [9.17, 15) is 14.4 Å². The Kier molecular flexibility index (Phi) is 9.71. The zero-order valence-corrected chi connectivity index (χ0v) is 16.0. The van der Waals surface area contributed by atoms with E-state index in [0.29, 0.717) is 31.8 Å². The van der Waals surface area contributed by atoms with Gasteiger partial charge in [-0.1, -0.05) is 38.1 Å².